The van der Waals surface area contributed by atoms with Crippen molar-refractivity contribution in [1.82, 2.24) is 0 Å². The van der Waals surface area contributed by atoms with E-state index < -0.39 is 0 Å². The van der Waals surface area contributed by atoms with E-state index in [1.165, 1.54) is 18.4 Å². The molecule has 3 nitrogen and oxygen atoms in total. The molecule has 0 bridgehead atoms. The monoisotopic (exact) mass is 236 g/mol. The predicted molar refractivity (Wildman–Crippen MR) is 73.7 cm³/mol. The second kappa shape index (κ2) is 7.17. The van der Waals surface area contributed by atoms with Crippen LogP contribution in [0.3, 0.4) is 0 Å². The van der Waals surface area contributed by atoms with Crippen LogP contribution < -0.4 is 15.8 Å². The SMILES string of the molecule is CCCCC(CN)Nc1cc(OC)ccc1C. The third kappa shape index (κ3) is 4.27. The Hall–Kier alpha value is -1.22. The normalized spacial score (nSPS) is 12.2. The third-order valence-corrected chi connectivity index (χ3v) is 3.00. The average Bonchev–Trinajstić information content (AvgIpc) is 2.36. The van der Waals surface area contributed by atoms with E-state index in [1.807, 2.05) is 12.1 Å². The number of anilines is 1. The van der Waals surface area contributed by atoms with Crippen LogP contribution in [0.1, 0.15) is 31.7 Å². The molecule has 3 N–H and O–H groups in total. The summed E-state index contributed by atoms with van der Waals surface area (Å²) >= 11 is 0. The van der Waals surface area contributed by atoms with Crippen LogP contribution in [-0.4, -0.2) is 19.7 Å². The highest BCUT2D eigenvalue weighted by molar-refractivity contribution is 5.55. The number of aryl methyl sites for hydroxylation is 1. The summed E-state index contributed by atoms with van der Waals surface area (Å²) in [6.07, 6.45) is 3.52. The summed E-state index contributed by atoms with van der Waals surface area (Å²) in [7, 11) is 1.69. The first-order chi connectivity index (χ1) is 8.21. The Balaban J connectivity index is 2.70. The summed E-state index contributed by atoms with van der Waals surface area (Å²) < 4.78 is 5.23. The average molecular weight is 236 g/mol. The van der Waals surface area contributed by atoms with E-state index in [4.69, 9.17) is 10.5 Å². The molecule has 0 heterocycles. The number of hydrogen-bond acceptors (Lipinski definition) is 3. The van der Waals surface area contributed by atoms with Crippen LogP contribution in [0.5, 0.6) is 5.75 Å². The van der Waals surface area contributed by atoms with Crippen LogP contribution in [0, 0.1) is 6.92 Å². The maximum atomic E-state index is 5.79. The second-order valence-electron chi connectivity index (χ2n) is 4.40. The Morgan fingerprint density at radius 1 is 1.41 bits per heavy atom. The molecular formula is C14H24N2O. The molecule has 0 spiro atoms. The van der Waals surface area contributed by atoms with Gasteiger partial charge in [-0.25, -0.2) is 0 Å². The van der Waals surface area contributed by atoms with E-state index in [0.717, 1.165) is 17.9 Å². The number of hydrogen-bond donors (Lipinski definition) is 2. The van der Waals surface area contributed by atoms with Crippen LogP contribution in [-0.2, 0) is 0 Å². The van der Waals surface area contributed by atoms with Gasteiger partial charge in [0.2, 0.25) is 0 Å². The zero-order chi connectivity index (χ0) is 12.7. The molecule has 0 radical (unpaired) electrons. The highest BCUT2D eigenvalue weighted by Crippen LogP contribution is 2.23. The quantitative estimate of drug-likeness (QED) is 0.765. The molecule has 0 aliphatic heterocycles. The van der Waals surface area contributed by atoms with E-state index in [9.17, 15) is 0 Å². The molecule has 3 heteroatoms. The van der Waals surface area contributed by atoms with Crippen molar-refractivity contribution < 1.29 is 4.74 Å². The molecule has 0 aliphatic carbocycles. The molecule has 0 aliphatic rings. The van der Waals surface area contributed by atoms with Gasteiger partial charge in [0.25, 0.3) is 0 Å². The van der Waals surface area contributed by atoms with Crippen molar-refractivity contribution in [2.45, 2.75) is 39.2 Å². The fraction of sp³-hybridized carbons (Fsp3) is 0.571. The van der Waals surface area contributed by atoms with Crippen molar-refractivity contribution in [2.75, 3.05) is 19.0 Å². The van der Waals surface area contributed by atoms with E-state index in [-0.39, 0.29) is 0 Å². The fourth-order valence-corrected chi connectivity index (χ4v) is 1.80. The first-order valence-electron chi connectivity index (χ1n) is 6.32. The lowest BCUT2D eigenvalue weighted by Gasteiger charge is -2.19. The summed E-state index contributed by atoms with van der Waals surface area (Å²) in [6.45, 7) is 4.95. The largest absolute Gasteiger partial charge is 0.497 e. The van der Waals surface area contributed by atoms with Gasteiger partial charge in [-0.15, -0.1) is 0 Å². The fourth-order valence-electron chi connectivity index (χ4n) is 1.80. The number of rotatable bonds is 7. The van der Waals surface area contributed by atoms with E-state index in [1.54, 1.807) is 7.11 Å². The number of ether oxygens (including phenoxy) is 1. The van der Waals surface area contributed by atoms with Crippen molar-refractivity contribution in [3.8, 4) is 5.75 Å². The van der Waals surface area contributed by atoms with Crippen molar-refractivity contribution in [1.29, 1.82) is 0 Å². The van der Waals surface area contributed by atoms with Crippen LogP contribution in [0.2, 0.25) is 0 Å². The minimum atomic E-state index is 0.348. The van der Waals surface area contributed by atoms with Crippen LogP contribution >= 0.6 is 0 Å². The molecule has 0 saturated heterocycles. The van der Waals surface area contributed by atoms with Gasteiger partial charge < -0.3 is 15.8 Å². The highest BCUT2D eigenvalue weighted by atomic mass is 16.5. The van der Waals surface area contributed by atoms with Gasteiger partial charge in [-0.3, -0.25) is 0 Å². The first kappa shape index (κ1) is 13.8. The van der Waals surface area contributed by atoms with Crippen molar-refractivity contribution in [3.05, 3.63) is 23.8 Å². The lowest BCUT2D eigenvalue weighted by Crippen LogP contribution is -2.29. The molecule has 0 saturated carbocycles. The number of nitrogens with one attached hydrogen (secondary N) is 1. The minimum absolute atomic E-state index is 0.348. The number of nitrogens with two attached hydrogens (primary N) is 1. The van der Waals surface area contributed by atoms with E-state index in [0.29, 0.717) is 12.6 Å². The summed E-state index contributed by atoms with van der Waals surface area (Å²) in [4.78, 5) is 0. The van der Waals surface area contributed by atoms with Gasteiger partial charge in [0.15, 0.2) is 0 Å². The van der Waals surface area contributed by atoms with Crippen LogP contribution in [0.25, 0.3) is 0 Å². The summed E-state index contributed by atoms with van der Waals surface area (Å²) in [5, 5.41) is 3.50. The molecule has 1 aromatic rings. The Bertz CT molecular complexity index is 339. The highest BCUT2D eigenvalue weighted by Gasteiger charge is 2.08. The van der Waals surface area contributed by atoms with Gasteiger partial charge in [-0.05, 0) is 25.0 Å². The summed E-state index contributed by atoms with van der Waals surface area (Å²) in [5.41, 5.74) is 8.13. The Morgan fingerprint density at radius 2 is 2.18 bits per heavy atom. The predicted octanol–water partition coefficient (Wildman–Crippen LogP) is 2.93. The Morgan fingerprint density at radius 3 is 2.76 bits per heavy atom. The number of benzene rings is 1. The molecule has 0 fully saturated rings. The van der Waals surface area contributed by atoms with Crippen molar-refractivity contribution >= 4 is 5.69 Å². The van der Waals surface area contributed by atoms with Crippen molar-refractivity contribution in [3.63, 3.8) is 0 Å². The Kier molecular flexibility index (Phi) is 5.84. The molecule has 1 atom stereocenters. The van der Waals surface area contributed by atoms with Crippen LogP contribution in [0.15, 0.2) is 18.2 Å². The van der Waals surface area contributed by atoms with Gasteiger partial charge in [-0.1, -0.05) is 25.8 Å². The molecular weight excluding hydrogens is 212 g/mol. The first-order valence-corrected chi connectivity index (χ1v) is 6.32. The standard InChI is InChI=1S/C14H24N2O/c1-4-5-6-12(10-15)16-14-9-13(17-3)8-7-11(14)2/h7-9,12,16H,4-6,10,15H2,1-3H3. The zero-order valence-corrected chi connectivity index (χ0v) is 11.1. The van der Waals surface area contributed by atoms with Gasteiger partial charge in [0, 0.05) is 24.3 Å². The molecule has 1 aromatic carbocycles. The molecule has 1 rings (SSSR count). The van der Waals surface area contributed by atoms with Gasteiger partial charge in [0.05, 0.1) is 7.11 Å². The maximum absolute atomic E-state index is 5.79. The molecule has 1 unspecified atom stereocenters. The van der Waals surface area contributed by atoms with Gasteiger partial charge in [-0.2, -0.15) is 0 Å². The number of methoxy groups -OCH3 is 1. The molecule has 0 aromatic heterocycles. The third-order valence-electron chi connectivity index (χ3n) is 3.00. The van der Waals surface area contributed by atoms with Gasteiger partial charge >= 0.3 is 0 Å². The zero-order valence-electron chi connectivity index (χ0n) is 11.1. The minimum Gasteiger partial charge on any atom is -0.497 e. The van der Waals surface area contributed by atoms with E-state index >= 15 is 0 Å². The lowest BCUT2D eigenvalue weighted by atomic mass is 10.1. The maximum Gasteiger partial charge on any atom is 0.120 e. The summed E-state index contributed by atoms with van der Waals surface area (Å²) in [5.74, 6) is 0.879. The molecule has 96 valence electrons. The molecule has 17 heavy (non-hydrogen) atoms. The lowest BCUT2D eigenvalue weighted by molar-refractivity contribution is 0.415. The van der Waals surface area contributed by atoms with Crippen LogP contribution in [0.4, 0.5) is 5.69 Å². The molecule has 0 amide bonds. The van der Waals surface area contributed by atoms with E-state index in [2.05, 4.69) is 25.2 Å². The summed E-state index contributed by atoms with van der Waals surface area (Å²) in [6, 6.07) is 6.42. The second-order valence-corrected chi connectivity index (χ2v) is 4.40. The Labute approximate surface area is 104 Å². The topological polar surface area (TPSA) is 47.3 Å². The van der Waals surface area contributed by atoms with Gasteiger partial charge in [0.1, 0.15) is 5.75 Å². The smallest absolute Gasteiger partial charge is 0.120 e. The number of unbranched alkanes of at least 4 members (excludes halogenated alkanes) is 1. The van der Waals surface area contributed by atoms with Crippen molar-refractivity contribution in [2.24, 2.45) is 5.73 Å².